The van der Waals surface area contributed by atoms with Gasteiger partial charge in [-0.15, -0.1) is 11.3 Å². The highest BCUT2D eigenvalue weighted by molar-refractivity contribution is 7.19. The molecule has 2 amide bonds. The molecule has 1 saturated carbocycles. The lowest BCUT2D eigenvalue weighted by molar-refractivity contribution is -0.134. The van der Waals surface area contributed by atoms with E-state index in [4.69, 9.17) is 4.74 Å². The molecule has 0 bridgehead atoms. The summed E-state index contributed by atoms with van der Waals surface area (Å²) in [6.07, 6.45) is 5.32. The minimum atomic E-state index is -0.917. The quantitative estimate of drug-likeness (QED) is 0.679. The summed E-state index contributed by atoms with van der Waals surface area (Å²) in [7, 11) is 0. The van der Waals surface area contributed by atoms with Crippen LogP contribution in [0.2, 0.25) is 0 Å². The second-order valence-corrected chi connectivity index (χ2v) is 11.7. The lowest BCUT2D eigenvalue weighted by atomic mass is 9.86. The van der Waals surface area contributed by atoms with Gasteiger partial charge in [0.05, 0.1) is 30.0 Å². The van der Waals surface area contributed by atoms with Gasteiger partial charge in [-0.05, 0) is 57.1 Å². The predicted molar refractivity (Wildman–Crippen MR) is 135 cm³/mol. The lowest BCUT2D eigenvalue weighted by Crippen LogP contribution is -2.66. The molecular weight excluding hydrogens is 448 g/mol. The molecule has 0 unspecified atom stereocenters. The van der Waals surface area contributed by atoms with Crippen molar-refractivity contribution in [3.8, 4) is 0 Å². The SMILES string of the molecule is CCc1cc2c(cc3n2C[C@](C)(C(=O)NC2CCC(C)CC2)N(CCN2CCOCC2)C3=O)s1. The number of thiophene rings is 1. The van der Waals surface area contributed by atoms with E-state index in [0.717, 1.165) is 81.1 Å². The monoisotopic (exact) mass is 486 g/mol. The maximum atomic E-state index is 13.9. The maximum Gasteiger partial charge on any atom is 0.271 e. The van der Waals surface area contributed by atoms with Gasteiger partial charge in [0.25, 0.3) is 5.91 Å². The summed E-state index contributed by atoms with van der Waals surface area (Å²) in [6.45, 7) is 11.4. The van der Waals surface area contributed by atoms with Crippen LogP contribution in [0.5, 0.6) is 0 Å². The molecule has 3 aliphatic rings. The van der Waals surface area contributed by atoms with E-state index in [-0.39, 0.29) is 17.9 Å². The second kappa shape index (κ2) is 9.63. The summed E-state index contributed by atoms with van der Waals surface area (Å²) >= 11 is 1.75. The topological polar surface area (TPSA) is 66.8 Å². The first-order valence-electron chi connectivity index (χ1n) is 12.9. The number of aromatic nitrogens is 1. The number of fused-ring (bicyclic) bond motifs is 3. The number of nitrogens with one attached hydrogen (secondary N) is 1. The number of nitrogens with zero attached hydrogens (tertiary/aromatic N) is 3. The van der Waals surface area contributed by atoms with Crippen LogP contribution in [0, 0.1) is 5.92 Å². The number of hydrogen-bond acceptors (Lipinski definition) is 5. The number of ether oxygens (including phenoxy) is 1. The van der Waals surface area contributed by atoms with Gasteiger partial charge >= 0.3 is 0 Å². The molecule has 1 N–H and O–H groups in total. The fraction of sp³-hybridized carbons (Fsp3) is 0.692. The Balaban J connectivity index is 1.43. The number of aryl methyl sites for hydroxylation is 1. The van der Waals surface area contributed by atoms with Crippen molar-refractivity contribution in [2.24, 2.45) is 5.92 Å². The van der Waals surface area contributed by atoms with Gasteiger partial charge < -0.3 is 19.5 Å². The Morgan fingerprint density at radius 1 is 1.18 bits per heavy atom. The van der Waals surface area contributed by atoms with Gasteiger partial charge in [0.15, 0.2) is 0 Å². The van der Waals surface area contributed by atoms with Gasteiger partial charge in [0.1, 0.15) is 11.2 Å². The molecule has 8 heteroatoms. The summed E-state index contributed by atoms with van der Waals surface area (Å²) in [6, 6.07) is 4.43. The Kier molecular flexibility index (Phi) is 6.75. The van der Waals surface area contributed by atoms with Crippen LogP contribution < -0.4 is 5.32 Å². The summed E-state index contributed by atoms with van der Waals surface area (Å²) in [4.78, 5) is 33.2. The van der Waals surface area contributed by atoms with E-state index < -0.39 is 5.54 Å². The first kappa shape index (κ1) is 23.8. The van der Waals surface area contributed by atoms with Crippen molar-refractivity contribution >= 4 is 33.4 Å². The number of hydrogen-bond donors (Lipinski definition) is 1. The van der Waals surface area contributed by atoms with E-state index in [9.17, 15) is 9.59 Å². The van der Waals surface area contributed by atoms with Crippen molar-refractivity contribution in [3.63, 3.8) is 0 Å². The molecule has 0 spiro atoms. The van der Waals surface area contributed by atoms with E-state index in [0.29, 0.717) is 18.8 Å². The second-order valence-electron chi connectivity index (χ2n) is 10.5. The molecule has 4 heterocycles. The zero-order valence-electron chi connectivity index (χ0n) is 20.8. The van der Waals surface area contributed by atoms with Gasteiger partial charge in [-0.3, -0.25) is 14.5 Å². The van der Waals surface area contributed by atoms with E-state index in [1.807, 2.05) is 17.9 Å². The van der Waals surface area contributed by atoms with E-state index >= 15 is 0 Å². The van der Waals surface area contributed by atoms with E-state index in [1.165, 1.54) is 4.88 Å². The fourth-order valence-electron chi connectivity index (χ4n) is 5.72. The third kappa shape index (κ3) is 4.40. The molecule has 2 aromatic rings. The summed E-state index contributed by atoms with van der Waals surface area (Å²) in [5.74, 6) is 0.684. The van der Waals surface area contributed by atoms with Crippen LogP contribution >= 0.6 is 11.3 Å². The van der Waals surface area contributed by atoms with Crippen molar-refractivity contribution in [1.82, 2.24) is 19.7 Å². The summed E-state index contributed by atoms with van der Waals surface area (Å²) < 4.78 is 8.72. The normalized spacial score (nSPS) is 28.3. The van der Waals surface area contributed by atoms with Crippen LogP contribution in [0.15, 0.2) is 12.1 Å². The molecule has 2 fully saturated rings. The van der Waals surface area contributed by atoms with Gasteiger partial charge in [-0.2, -0.15) is 0 Å². The third-order valence-corrected chi connectivity index (χ3v) is 9.31. The standard InChI is InChI=1S/C26H38N4O3S/c1-4-20-15-21-23(34-20)16-22-24(31)30(10-9-28-11-13-33-14-12-28)26(3,17-29(21)22)25(32)27-19-7-5-18(2)6-8-19/h15-16,18-19H,4-14,17H2,1-3H3,(H,27,32)/t18?,19?,26-/m1/s1. The molecule has 1 aliphatic carbocycles. The number of rotatable bonds is 6. The molecule has 5 rings (SSSR count). The van der Waals surface area contributed by atoms with Gasteiger partial charge in [-0.1, -0.05) is 13.8 Å². The fourth-order valence-corrected chi connectivity index (χ4v) is 6.77. The molecule has 186 valence electrons. The van der Waals surface area contributed by atoms with Crippen LogP contribution in [-0.2, 0) is 22.5 Å². The van der Waals surface area contributed by atoms with Crippen molar-refractivity contribution in [3.05, 3.63) is 22.7 Å². The Morgan fingerprint density at radius 3 is 2.62 bits per heavy atom. The molecule has 2 aliphatic heterocycles. The number of morpholine rings is 1. The van der Waals surface area contributed by atoms with Crippen molar-refractivity contribution in [1.29, 1.82) is 0 Å². The number of amides is 2. The molecule has 0 radical (unpaired) electrons. The highest BCUT2D eigenvalue weighted by atomic mass is 32.1. The molecule has 34 heavy (non-hydrogen) atoms. The average molecular weight is 487 g/mol. The first-order chi connectivity index (χ1) is 16.4. The maximum absolute atomic E-state index is 13.9. The van der Waals surface area contributed by atoms with Gasteiger partial charge in [-0.25, -0.2) is 0 Å². The Morgan fingerprint density at radius 2 is 1.91 bits per heavy atom. The van der Waals surface area contributed by atoms with Crippen LogP contribution in [0.4, 0.5) is 0 Å². The minimum Gasteiger partial charge on any atom is -0.379 e. The highest BCUT2D eigenvalue weighted by Crippen LogP contribution is 2.36. The number of carbonyl (C=O) groups excluding carboxylic acids is 2. The average Bonchev–Trinajstić information content (AvgIpc) is 3.39. The molecule has 1 atom stereocenters. The highest BCUT2D eigenvalue weighted by Gasteiger charge is 2.48. The summed E-state index contributed by atoms with van der Waals surface area (Å²) in [5.41, 5.74) is 0.880. The Hall–Kier alpha value is -1.90. The first-order valence-corrected chi connectivity index (χ1v) is 13.8. The summed E-state index contributed by atoms with van der Waals surface area (Å²) in [5, 5.41) is 3.35. The Bertz CT molecular complexity index is 1050. The van der Waals surface area contributed by atoms with Gasteiger partial charge in [0, 0.05) is 37.1 Å². The molecule has 0 aromatic carbocycles. The molecule has 2 aromatic heterocycles. The van der Waals surface area contributed by atoms with Crippen molar-refractivity contribution < 1.29 is 14.3 Å². The third-order valence-electron chi connectivity index (χ3n) is 8.10. The van der Waals surface area contributed by atoms with Crippen LogP contribution in [-0.4, -0.2) is 77.2 Å². The molecule has 1 saturated heterocycles. The largest absolute Gasteiger partial charge is 0.379 e. The van der Waals surface area contributed by atoms with Crippen molar-refractivity contribution in [2.45, 2.75) is 71.0 Å². The molecule has 7 nitrogen and oxygen atoms in total. The predicted octanol–water partition coefficient (Wildman–Crippen LogP) is 3.51. The van der Waals surface area contributed by atoms with Crippen LogP contribution in [0.25, 0.3) is 10.2 Å². The minimum absolute atomic E-state index is 0.0131. The van der Waals surface area contributed by atoms with Gasteiger partial charge in [0.2, 0.25) is 5.91 Å². The molecular formula is C26H38N4O3S. The lowest BCUT2D eigenvalue weighted by Gasteiger charge is -2.45. The van der Waals surface area contributed by atoms with Crippen LogP contribution in [0.3, 0.4) is 0 Å². The zero-order chi connectivity index (χ0) is 23.9. The Labute approximate surface area is 206 Å². The van der Waals surface area contributed by atoms with Crippen LogP contribution in [0.1, 0.15) is 61.8 Å². The smallest absolute Gasteiger partial charge is 0.271 e. The zero-order valence-corrected chi connectivity index (χ0v) is 21.6. The number of carbonyl (C=O) groups is 2. The van der Waals surface area contributed by atoms with E-state index in [2.05, 4.69) is 34.7 Å². The van der Waals surface area contributed by atoms with Crippen molar-refractivity contribution in [2.75, 3.05) is 39.4 Å². The van der Waals surface area contributed by atoms with E-state index in [1.54, 1.807) is 11.3 Å².